The Kier molecular flexibility index (Phi) is 5.36. The van der Waals surface area contributed by atoms with Crippen LogP contribution in [0.15, 0.2) is 24.3 Å². The molecule has 0 aliphatic heterocycles. The van der Waals surface area contributed by atoms with Crippen molar-refractivity contribution in [1.82, 2.24) is 14.9 Å². The lowest BCUT2D eigenvalue weighted by Gasteiger charge is -2.12. The highest BCUT2D eigenvalue weighted by Gasteiger charge is 2.16. The monoisotopic (exact) mass is 317 g/mol. The molecule has 0 fully saturated rings. The summed E-state index contributed by atoms with van der Waals surface area (Å²) in [5.41, 5.74) is 1.64. The van der Waals surface area contributed by atoms with Crippen LogP contribution in [-0.2, 0) is 27.4 Å². The van der Waals surface area contributed by atoms with E-state index in [9.17, 15) is 9.59 Å². The highest BCUT2D eigenvalue weighted by molar-refractivity contribution is 5.80. The van der Waals surface area contributed by atoms with Crippen molar-refractivity contribution < 1.29 is 14.3 Å². The van der Waals surface area contributed by atoms with Crippen molar-refractivity contribution in [2.24, 2.45) is 5.92 Å². The Bertz CT molecular complexity index is 704. The number of esters is 1. The first-order chi connectivity index (χ1) is 10.9. The highest BCUT2D eigenvalue weighted by atomic mass is 16.5. The number of rotatable bonds is 6. The van der Waals surface area contributed by atoms with Gasteiger partial charge in [-0.25, -0.2) is 4.98 Å². The van der Waals surface area contributed by atoms with Gasteiger partial charge in [-0.15, -0.1) is 0 Å². The lowest BCUT2D eigenvalue weighted by Crippen LogP contribution is -2.29. The third-order valence-corrected chi connectivity index (χ3v) is 3.33. The molecule has 0 bridgehead atoms. The fraction of sp³-hybridized carbons (Fsp3) is 0.471. The van der Waals surface area contributed by atoms with Crippen molar-refractivity contribution >= 4 is 22.9 Å². The fourth-order valence-corrected chi connectivity index (χ4v) is 2.24. The molecule has 0 radical (unpaired) electrons. The van der Waals surface area contributed by atoms with Crippen LogP contribution in [-0.4, -0.2) is 27.5 Å². The predicted octanol–water partition coefficient (Wildman–Crippen LogP) is 2.26. The number of carbonyl (C=O) groups is 2. The highest BCUT2D eigenvalue weighted by Crippen LogP contribution is 2.16. The van der Waals surface area contributed by atoms with E-state index in [2.05, 4.69) is 10.3 Å². The Morgan fingerprint density at radius 1 is 1.22 bits per heavy atom. The number of hydrogen-bond donors (Lipinski definition) is 1. The second kappa shape index (κ2) is 7.26. The number of amides is 1. The topological polar surface area (TPSA) is 73.2 Å². The van der Waals surface area contributed by atoms with Crippen LogP contribution in [0.5, 0.6) is 0 Å². The van der Waals surface area contributed by atoms with Gasteiger partial charge >= 0.3 is 5.97 Å². The first-order valence-corrected chi connectivity index (χ1v) is 7.79. The Labute approximate surface area is 135 Å². The summed E-state index contributed by atoms with van der Waals surface area (Å²) < 4.78 is 7.01. The molecular weight excluding hydrogens is 294 g/mol. The summed E-state index contributed by atoms with van der Waals surface area (Å²) in [6.45, 7) is 7.64. The minimum Gasteiger partial charge on any atom is -0.462 e. The first kappa shape index (κ1) is 17.0. The van der Waals surface area contributed by atoms with E-state index in [-0.39, 0.29) is 37.0 Å². The van der Waals surface area contributed by atoms with E-state index >= 15 is 0 Å². The second-order valence-corrected chi connectivity index (χ2v) is 6.01. The number of aromatic nitrogens is 2. The van der Waals surface area contributed by atoms with Crippen molar-refractivity contribution in [3.8, 4) is 0 Å². The number of ether oxygens (including phenoxy) is 1. The minimum atomic E-state index is -0.320. The van der Waals surface area contributed by atoms with E-state index in [1.165, 1.54) is 0 Å². The largest absolute Gasteiger partial charge is 0.462 e. The molecule has 124 valence electrons. The summed E-state index contributed by atoms with van der Waals surface area (Å²) in [4.78, 5) is 28.3. The van der Waals surface area contributed by atoms with Crippen LogP contribution < -0.4 is 5.32 Å². The van der Waals surface area contributed by atoms with E-state index in [0.717, 1.165) is 11.0 Å². The Morgan fingerprint density at radius 3 is 2.57 bits per heavy atom. The predicted molar refractivity (Wildman–Crippen MR) is 87.6 cm³/mol. The van der Waals surface area contributed by atoms with Crippen molar-refractivity contribution in [2.45, 2.75) is 46.9 Å². The van der Waals surface area contributed by atoms with Gasteiger partial charge in [0.1, 0.15) is 12.4 Å². The number of nitrogens with zero attached hydrogens (tertiary/aromatic N) is 2. The molecule has 1 heterocycles. The van der Waals surface area contributed by atoms with Gasteiger partial charge in [0.2, 0.25) is 5.91 Å². The summed E-state index contributed by atoms with van der Waals surface area (Å²) in [5.74, 6) is 0.174. The normalized spacial score (nSPS) is 11.2. The van der Waals surface area contributed by atoms with Crippen LogP contribution in [0.4, 0.5) is 0 Å². The van der Waals surface area contributed by atoms with E-state index in [4.69, 9.17) is 4.74 Å². The van der Waals surface area contributed by atoms with Crippen LogP contribution in [0, 0.1) is 5.92 Å². The van der Waals surface area contributed by atoms with E-state index < -0.39 is 0 Å². The Hall–Kier alpha value is -2.37. The second-order valence-electron chi connectivity index (χ2n) is 6.01. The maximum absolute atomic E-state index is 12.0. The van der Waals surface area contributed by atoms with Crippen molar-refractivity contribution in [1.29, 1.82) is 0 Å². The molecule has 6 nitrogen and oxygen atoms in total. The molecule has 0 aliphatic rings. The summed E-state index contributed by atoms with van der Waals surface area (Å²) >= 11 is 0. The van der Waals surface area contributed by atoms with Crippen molar-refractivity contribution in [3.63, 3.8) is 0 Å². The Balaban J connectivity index is 2.26. The molecule has 0 saturated carbocycles. The van der Waals surface area contributed by atoms with Crippen LogP contribution in [0.1, 0.15) is 33.5 Å². The SMILES string of the molecule is CC(C)OC(=O)Cn1c(CNC(=O)C(C)C)nc2ccccc21. The molecule has 2 aromatic rings. The average Bonchev–Trinajstić information content (AvgIpc) is 2.82. The molecule has 0 saturated heterocycles. The summed E-state index contributed by atoms with van der Waals surface area (Å²) in [5, 5.41) is 2.84. The molecule has 1 aromatic heterocycles. The van der Waals surface area contributed by atoms with Gasteiger partial charge in [-0.05, 0) is 26.0 Å². The van der Waals surface area contributed by atoms with Gasteiger partial charge in [-0.2, -0.15) is 0 Å². The number of nitrogens with one attached hydrogen (secondary N) is 1. The zero-order valence-electron chi connectivity index (χ0n) is 14.0. The van der Waals surface area contributed by atoms with Crippen LogP contribution >= 0.6 is 0 Å². The zero-order valence-corrected chi connectivity index (χ0v) is 14.0. The van der Waals surface area contributed by atoms with Gasteiger partial charge in [-0.1, -0.05) is 26.0 Å². The lowest BCUT2D eigenvalue weighted by molar-refractivity contribution is -0.148. The molecule has 0 aliphatic carbocycles. The standard InChI is InChI=1S/C17H23N3O3/c1-11(2)17(22)18-9-15-19-13-7-5-6-8-14(13)20(15)10-16(21)23-12(3)4/h5-8,11-12H,9-10H2,1-4H3,(H,18,22). The molecule has 2 rings (SSSR count). The number of hydrogen-bond acceptors (Lipinski definition) is 4. The van der Waals surface area contributed by atoms with Gasteiger partial charge in [0, 0.05) is 5.92 Å². The van der Waals surface area contributed by atoms with E-state index in [0.29, 0.717) is 5.82 Å². The van der Waals surface area contributed by atoms with Gasteiger partial charge in [0.15, 0.2) is 0 Å². The minimum absolute atomic E-state index is 0.0478. The van der Waals surface area contributed by atoms with Crippen molar-refractivity contribution in [3.05, 3.63) is 30.1 Å². The van der Waals surface area contributed by atoms with E-state index in [1.54, 1.807) is 4.57 Å². The summed E-state index contributed by atoms with van der Waals surface area (Å²) in [6, 6.07) is 7.57. The number of benzene rings is 1. The maximum Gasteiger partial charge on any atom is 0.326 e. The molecule has 0 spiro atoms. The molecule has 6 heteroatoms. The van der Waals surface area contributed by atoms with Crippen LogP contribution in [0.3, 0.4) is 0 Å². The summed E-state index contributed by atoms with van der Waals surface area (Å²) in [6.07, 6.45) is -0.165. The maximum atomic E-state index is 12.0. The van der Waals surface area contributed by atoms with Gasteiger partial charge < -0.3 is 14.6 Å². The quantitative estimate of drug-likeness (QED) is 0.829. The number of para-hydroxylation sites is 2. The third-order valence-electron chi connectivity index (χ3n) is 3.33. The van der Waals surface area contributed by atoms with Crippen molar-refractivity contribution in [2.75, 3.05) is 0 Å². The first-order valence-electron chi connectivity index (χ1n) is 7.79. The average molecular weight is 317 g/mol. The zero-order chi connectivity index (χ0) is 17.0. The smallest absolute Gasteiger partial charge is 0.326 e. The summed E-state index contributed by atoms with van der Waals surface area (Å²) in [7, 11) is 0. The third kappa shape index (κ3) is 4.31. The number of imidazole rings is 1. The molecule has 1 aromatic carbocycles. The van der Waals surface area contributed by atoms with Gasteiger partial charge in [0.25, 0.3) is 0 Å². The molecule has 23 heavy (non-hydrogen) atoms. The molecule has 0 unspecified atom stereocenters. The molecule has 0 atom stereocenters. The van der Waals surface area contributed by atoms with Gasteiger partial charge in [-0.3, -0.25) is 9.59 Å². The molecular formula is C17H23N3O3. The molecule has 1 amide bonds. The van der Waals surface area contributed by atoms with E-state index in [1.807, 2.05) is 52.0 Å². The number of fused-ring (bicyclic) bond motifs is 1. The number of carbonyl (C=O) groups excluding carboxylic acids is 2. The Morgan fingerprint density at radius 2 is 1.91 bits per heavy atom. The fourth-order valence-electron chi connectivity index (χ4n) is 2.24. The van der Waals surface area contributed by atoms with Gasteiger partial charge in [0.05, 0.1) is 23.7 Å². The van der Waals surface area contributed by atoms with Crippen LogP contribution in [0.25, 0.3) is 11.0 Å². The molecule has 1 N–H and O–H groups in total. The lowest BCUT2D eigenvalue weighted by atomic mass is 10.2. The van der Waals surface area contributed by atoms with Crippen LogP contribution in [0.2, 0.25) is 0 Å².